The third-order valence-corrected chi connectivity index (χ3v) is 3.45. The van der Waals surface area contributed by atoms with E-state index in [1.165, 1.54) is 5.56 Å². The third kappa shape index (κ3) is 5.01. The van der Waals surface area contributed by atoms with Gasteiger partial charge in [0.25, 0.3) is 5.91 Å². The van der Waals surface area contributed by atoms with E-state index >= 15 is 0 Å². The molecular weight excluding hydrogens is 274 g/mol. The molecule has 22 heavy (non-hydrogen) atoms. The highest BCUT2D eigenvalue weighted by molar-refractivity contribution is 5.95. The minimum Gasteiger partial charge on any atom is -0.382 e. The summed E-state index contributed by atoms with van der Waals surface area (Å²) in [5, 5.41) is 2.97. The second-order valence-electron chi connectivity index (χ2n) is 5.13. The number of ether oxygens (including phenoxy) is 1. The molecule has 0 spiro atoms. The molecule has 0 heterocycles. The van der Waals surface area contributed by atoms with Crippen molar-refractivity contribution in [2.24, 2.45) is 0 Å². The molecule has 116 valence electrons. The Kier molecular flexibility index (Phi) is 6.65. The molecule has 3 heteroatoms. The predicted octanol–water partition coefficient (Wildman–Crippen LogP) is 3.43. The maximum absolute atomic E-state index is 12.3. The summed E-state index contributed by atoms with van der Waals surface area (Å²) in [5.74, 6) is -0.0111. The van der Waals surface area contributed by atoms with Gasteiger partial charge in [0.2, 0.25) is 0 Å². The van der Waals surface area contributed by atoms with Gasteiger partial charge in [-0.1, -0.05) is 48.5 Å². The van der Waals surface area contributed by atoms with Crippen molar-refractivity contribution >= 4 is 5.91 Å². The molecule has 0 bridgehead atoms. The first kappa shape index (κ1) is 16.2. The molecule has 0 saturated carbocycles. The molecule has 0 atom stereocenters. The lowest BCUT2D eigenvalue weighted by Gasteiger charge is -2.10. The highest BCUT2D eigenvalue weighted by atomic mass is 16.5. The van der Waals surface area contributed by atoms with Gasteiger partial charge in [-0.3, -0.25) is 4.79 Å². The Morgan fingerprint density at radius 1 is 1.05 bits per heavy atom. The molecule has 0 aliphatic heterocycles. The van der Waals surface area contributed by atoms with E-state index in [1.807, 2.05) is 49.4 Å². The molecule has 3 nitrogen and oxygen atoms in total. The largest absolute Gasteiger partial charge is 0.382 e. The van der Waals surface area contributed by atoms with Gasteiger partial charge >= 0.3 is 0 Å². The van der Waals surface area contributed by atoms with Crippen molar-refractivity contribution in [1.82, 2.24) is 5.32 Å². The van der Waals surface area contributed by atoms with Crippen LogP contribution in [-0.4, -0.2) is 25.7 Å². The predicted molar refractivity (Wildman–Crippen MR) is 89.1 cm³/mol. The van der Waals surface area contributed by atoms with Crippen molar-refractivity contribution in [3.63, 3.8) is 0 Å². The fraction of sp³-hybridized carbons (Fsp3) is 0.316. The van der Waals surface area contributed by atoms with Crippen LogP contribution in [0, 0.1) is 0 Å². The summed E-state index contributed by atoms with van der Waals surface area (Å²) in [6.45, 7) is 4.01. The number of carbonyl (C=O) groups excluding carboxylic acids is 1. The first-order valence-electron chi connectivity index (χ1n) is 7.79. The van der Waals surface area contributed by atoms with Crippen LogP contribution in [0.5, 0.6) is 0 Å². The minimum absolute atomic E-state index is 0.0111. The van der Waals surface area contributed by atoms with Crippen LogP contribution in [0.4, 0.5) is 0 Å². The van der Waals surface area contributed by atoms with Gasteiger partial charge in [0, 0.05) is 25.3 Å². The summed E-state index contributed by atoms with van der Waals surface area (Å²) in [6.07, 6.45) is 1.60. The van der Waals surface area contributed by atoms with Crippen molar-refractivity contribution in [3.8, 4) is 0 Å². The highest BCUT2D eigenvalue weighted by Crippen LogP contribution is 2.14. The van der Waals surface area contributed by atoms with E-state index in [0.29, 0.717) is 19.8 Å². The standard InChI is InChI=1S/C19H23NO2/c1-2-22-14-8-13-20-19(21)18-12-7-6-11-17(18)15-16-9-4-3-5-10-16/h3-7,9-12H,2,8,13-15H2,1H3,(H,20,21). The molecule has 0 unspecified atom stereocenters. The molecule has 0 aliphatic rings. The summed E-state index contributed by atoms with van der Waals surface area (Å²) in [6, 6.07) is 18.0. The van der Waals surface area contributed by atoms with Gasteiger partial charge in [-0.25, -0.2) is 0 Å². The molecule has 2 rings (SSSR count). The summed E-state index contributed by atoms with van der Waals surface area (Å²) in [5.41, 5.74) is 3.01. The van der Waals surface area contributed by atoms with Crippen LogP contribution in [0.1, 0.15) is 34.8 Å². The van der Waals surface area contributed by atoms with E-state index < -0.39 is 0 Å². The first-order chi connectivity index (χ1) is 10.8. The zero-order valence-corrected chi connectivity index (χ0v) is 13.0. The molecule has 2 aromatic carbocycles. The average molecular weight is 297 g/mol. The third-order valence-electron chi connectivity index (χ3n) is 3.45. The Hall–Kier alpha value is -2.13. The van der Waals surface area contributed by atoms with E-state index in [0.717, 1.165) is 24.0 Å². The average Bonchev–Trinajstić information content (AvgIpc) is 2.56. The lowest BCUT2D eigenvalue weighted by atomic mass is 9.99. The van der Waals surface area contributed by atoms with E-state index in [4.69, 9.17) is 4.74 Å². The van der Waals surface area contributed by atoms with Crippen LogP contribution in [-0.2, 0) is 11.2 Å². The lowest BCUT2D eigenvalue weighted by Crippen LogP contribution is -2.26. The van der Waals surface area contributed by atoms with Crippen LogP contribution < -0.4 is 5.32 Å². The smallest absolute Gasteiger partial charge is 0.251 e. The van der Waals surface area contributed by atoms with Crippen molar-refractivity contribution in [3.05, 3.63) is 71.3 Å². The van der Waals surface area contributed by atoms with Gasteiger partial charge in [0.15, 0.2) is 0 Å². The second-order valence-corrected chi connectivity index (χ2v) is 5.13. The molecule has 0 saturated heterocycles. The van der Waals surface area contributed by atoms with Crippen LogP contribution in [0.25, 0.3) is 0 Å². The Labute approximate surface area is 132 Å². The van der Waals surface area contributed by atoms with E-state index in [9.17, 15) is 4.79 Å². The zero-order valence-electron chi connectivity index (χ0n) is 13.0. The Morgan fingerprint density at radius 3 is 2.55 bits per heavy atom. The zero-order chi connectivity index (χ0) is 15.6. The Balaban J connectivity index is 1.97. The normalized spacial score (nSPS) is 10.4. The number of benzene rings is 2. The van der Waals surface area contributed by atoms with E-state index in [-0.39, 0.29) is 5.91 Å². The Morgan fingerprint density at radius 2 is 1.77 bits per heavy atom. The quantitative estimate of drug-likeness (QED) is 0.758. The van der Waals surface area contributed by atoms with Crippen LogP contribution in [0.2, 0.25) is 0 Å². The van der Waals surface area contributed by atoms with Crippen molar-refractivity contribution in [2.45, 2.75) is 19.8 Å². The molecule has 0 aliphatic carbocycles. The molecule has 0 fully saturated rings. The first-order valence-corrected chi connectivity index (χ1v) is 7.79. The molecule has 2 aromatic rings. The van der Waals surface area contributed by atoms with Crippen molar-refractivity contribution in [1.29, 1.82) is 0 Å². The van der Waals surface area contributed by atoms with E-state index in [2.05, 4.69) is 17.4 Å². The van der Waals surface area contributed by atoms with Gasteiger partial charge in [-0.05, 0) is 37.0 Å². The van der Waals surface area contributed by atoms with Crippen LogP contribution >= 0.6 is 0 Å². The van der Waals surface area contributed by atoms with Crippen LogP contribution in [0.3, 0.4) is 0 Å². The molecular formula is C19H23NO2. The summed E-state index contributed by atoms with van der Waals surface area (Å²) in [7, 11) is 0. The number of nitrogens with one attached hydrogen (secondary N) is 1. The molecule has 0 radical (unpaired) electrons. The second kappa shape index (κ2) is 9.00. The number of carbonyl (C=O) groups is 1. The number of rotatable bonds is 8. The SMILES string of the molecule is CCOCCCNC(=O)c1ccccc1Cc1ccccc1. The van der Waals surface area contributed by atoms with Gasteiger partial charge in [0.05, 0.1) is 0 Å². The van der Waals surface area contributed by atoms with Crippen molar-refractivity contribution < 1.29 is 9.53 Å². The number of hydrogen-bond acceptors (Lipinski definition) is 2. The van der Waals surface area contributed by atoms with Gasteiger partial charge in [0.1, 0.15) is 0 Å². The summed E-state index contributed by atoms with van der Waals surface area (Å²) < 4.78 is 5.27. The molecule has 1 amide bonds. The summed E-state index contributed by atoms with van der Waals surface area (Å²) in [4.78, 5) is 12.3. The van der Waals surface area contributed by atoms with E-state index in [1.54, 1.807) is 0 Å². The Bertz CT molecular complexity index is 581. The summed E-state index contributed by atoms with van der Waals surface area (Å²) >= 11 is 0. The minimum atomic E-state index is -0.0111. The maximum Gasteiger partial charge on any atom is 0.251 e. The van der Waals surface area contributed by atoms with Crippen LogP contribution in [0.15, 0.2) is 54.6 Å². The van der Waals surface area contributed by atoms with Gasteiger partial charge in [-0.15, -0.1) is 0 Å². The lowest BCUT2D eigenvalue weighted by molar-refractivity contribution is 0.0943. The molecule has 0 aromatic heterocycles. The number of amides is 1. The van der Waals surface area contributed by atoms with Gasteiger partial charge < -0.3 is 10.1 Å². The number of hydrogen-bond donors (Lipinski definition) is 1. The molecule has 1 N–H and O–H groups in total. The highest BCUT2D eigenvalue weighted by Gasteiger charge is 2.10. The fourth-order valence-electron chi connectivity index (χ4n) is 2.33. The topological polar surface area (TPSA) is 38.3 Å². The van der Waals surface area contributed by atoms with Gasteiger partial charge in [-0.2, -0.15) is 0 Å². The monoisotopic (exact) mass is 297 g/mol. The fourth-order valence-corrected chi connectivity index (χ4v) is 2.33. The maximum atomic E-state index is 12.3. The van der Waals surface area contributed by atoms with Crippen molar-refractivity contribution in [2.75, 3.05) is 19.8 Å².